The molecule has 1 heterocycles. The zero-order valence-electron chi connectivity index (χ0n) is 8.79. The maximum Gasteiger partial charge on any atom is 0.125 e. The lowest BCUT2D eigenvalue weighted by atomic mass is 9.99. The highest BCUT2D eigenvalue weighted by Gasteiger charge is 2.18. The minimum absolute atomic E-state index is 0.223. The molecule has 0 aliphatic carbocycles. The van der Waals surface area contributed by atoms with Gasteiger partial charge in [0.1, 0.15) is 5.75 Å². The SMILES string of the molecule is CC(CO)Cc1cc(Br)cc2c1OCC2. The van der Waals surface area contributed by atoms with Crippen molar-refractivity contribution in [3.05, 3.63) is 27.7 Å². The molecule has 1 unspecified atom stereocenters. The Bertz CT molecular complexity index is 363. The van der Waals surface area contributed by atoms with Gasteiger partial charge in [-0.05, 0) is 35.6 Å². The van der Waals surface area contributed by atoms with Crippen molar-refractivity contribution in [2.75, 3.05) is 13.2 Å². The smallest absolute Gasteiger partial charge is 0.125 e. The van der Waals surface area contributed by atoms with Gasteiger partial charge in [-0.15, -0.1) is 0 Å². The van der Waals surface area contributed by atoms with Crippen LogP contribution >= 0.6 is 15.9 Å². The fourth-order valence-electron chi connectivity index (χ4n) is 1.94. The highest BCUT2D eigenvalue weighted by atomic mass is 79.9. The normalized spacial score (nSPS) is 15.9. The van der Waals surface area contributed by atoms with Gasteiger partial charge in [-0.3, -0.25) is 0 Å². The molecule has 0 amide bonds. The van der Waals surface area contributed by atoms with Crippen LogP contribution in [0.2, 0.25) is 0 Å². The summed E-state index contributed by atoms with van der Waals surface area (Å²) in [4.78, 5) is 0. The fourth-order valence-corrected chi connectivity index (χ4v) is 2.49. The third kappa shape index (κ3) is 2.34. The molecule has 0 radical (unpaired) electrons. The Morgan fingerprint density at radius 1 is 1.53 bits per heavy atom. The highest BCUT2D eigenvalue weighted by molar-refractivity contribution is 9.10. The van der Waals surface area contributed by atoms with E-state index in [9.17, 15) is 0 Å². The third-order valence-electron chi connectivity index (χ3n) is 2.71. The number of halogens is 1. The van der Waals surface area contributed by atoms with Gasteiger partial charge in [-0.25, -0.2) is 0 Å². The molecule has 1 atom stereocenters. The predicted octanol–water partition coefficient (Wildman–Crippen LogP) is 2.55. The lowest BCUT2D eigenvalue weighted by Crippen LogP contribution is -2.05. The van der Waals surface area contributed by atoms with Crippen LogP contribution in [0, 0.1) is 5.92 Å². The molecule has 2 rings (SSSR count). The van der Waals surface area contributed by atoms with Crippen molar-refractivity contribution in [2.45, 2.75) is 19.8 Å². The average Bonchev–Trinajstić information content (AvgIpc) is 2.65. The second-order valence-electron chi connectivity index (χ2n) is 4.14. The predicted molar refractivity (Wildman–Crippen MR) is 63.3 cm³/mol. The summed E-state index contributed by atoms with van der Waals surface area (Å²) < 4.78 is 6.73. The first-order chi connectivity index (χ1) is 7.20. The Labute approximate surface area is 98.4 Å². The van der Waals surface area contributed by atoms with E-state index in [4.69, 9.17) is 9.84 Å². The Morgan fingerprint density at radius 2 is 2.33 bits per heavy atom. The van der Waals surface area contributed by atoms with Crippen LogP contribution in [0.1, 0.15) is 18.1 Å². The van der Waals surface area contributed by atoms with Gasteiger partial charge in [-0.1, -0.05) is 22.9 Å². The van der Waals surface area contributed by atoms with Gasteiger partial charge in [0, 0.05) is 17.5 Å². The molecule has 1 aromatic carbocycles. The Kier molecular flexibility index (Phi) is 3.32. The van der Waals surface area contributed by atoms with Crippen LogP contribution in [0.4, 0.5) is 0 Å². The molecule has 2 nitrogen and oxygen atoms in total. The lowest BCUT2D eigenvalue weighted by molar-refractivity contribution is 0.236. The average molecular weight is 271 g/mol. The van der Waals surface area contributed by atoms with Crippen molar-refractivity contribution in [3.8, 4) is 5.75 Å². The number of hydrogen-bond acceptors (Lipinski definition) is 2. The standard InChI is InChI=1S/C12H15BrO2/c1-8(7-14)4-10-6-11(13)5-9-2-3-15-12(9)10/h5-6,8,14H,2-4,7H2,1H3. The molecule has 0 fully saturated rings. The van der Waals surface area contributed by atoms with E-state index >= 15 is 0 Å². The first-order valence-corrected chi connectivity index (χ1v) is 6.05. The van der Waals surface area contributed by atoms with Crippen molar-refractivity contribution in [1.29, 1.82) is 0 Å². The van der Waals surface area contributed by atoms with E-state index in [2.05, 4.69) is 28.1 Å². The fraction of sp³-hybridized carbons (Fsp3) is 0.500. The Hall–Kier alpha value is -0.540. The van der Waals surface area contributed by atoms with Crippen LogP contribution in [0.15, 0.2) is 16.6 Å². The van der Waals surface area contributed by atoms with Gasteiger partial charge in [-0.2, -0.15) is 0 Å². The summed E-state index contributed by atoms with van der Waals surface area (Å²) >= 11 is 3.51. The van der Waals surface area contributed by atoms with Crippen LogP contribution in [-0.2, 0) is 12.8 Å². The van der Waals surface area contributed by atoms with E-state index in [1.54, 1.807) is 0 Å². The number of aliphatic hydroxyl groups excluding tert-OH is 1. The molecule has 3 heteroatoms. The summed E-state index contributed by atoms with van der Waals surface area (Å²) in [5.74, 6) is 1.33. The molecular formula is C12H15BrO2. The summed E-state index contributed by atoms with van der Waals surface area (Å²) in [5.41, 5.74) is 2.49. The van der Waals surface area contributed by atoms with E-state index in [-0.39, 0.29) is 12.5 Å². The molecule has 82 valence electrons. The molecule has 0 spiro atoms. The number of rotatable bonds is 3. The summed E-state index contributed by atoms with van der Waals surface area (Å²) in [7, 11) is 0. The second kappa shape index (κ2) is 4.54. The topological polar surface area (TPSA) is 29.5 Å². The van der Waals surface area contributed by atoms with Crippen molar-refractivity contribution >= 4 is 15.9 Å². The minimum Gasteiger partial charge on any atom is -0.493 e. The Morgan fingerprint density at radius 3 is 3.07 bits per heavy atom. The van der Waals surface area contributed by atoms with Gasteiger partial charge >= 0.3 is 0 Å². The molecule has 0 aromatic heterocycles. The van der Waals surface area contributed by atoms with Crippen molar-refractivity contribution in [2.24, 2.45) is 5.92 Å². The minimum atomic E-state index is 0.223. The molecule has 1 N–H and O–H groups in total. The number of hydrogen-bond donors (Lipinski definition) is 1. The first-order valence-electron chi connectivity index (χ1n) is 5.25. The van der Waals surface area contributed by atoms with Crippen LogP contribution in [0.5, 0.6) is 5.75 Å². The molecule has 0 bridgehead atoms. The van der Waals surface area contributed by atoms with Crippen LogP contribution in [0.3, 0.4) is 0 Å². The first kappa shape index (κ1) is 11.0. The molecule has 1 aliphatic rings. The van der Waals surface area contributed by atoms with Gasteiger partial charge in [0.25, 0.3) is 0 Å². The highest BCUT2D eigenvalue weighted by Crippen LogP contribution is 2.34. The molecule has 0 saturated heterocycles. The van der Waals surface area contributed by atoms with Gasteiger partial charge in [0.05, 0.1) is 6.61 Å². The summed E-state index contributed by atoms with van der Waals surface area (Å²) in [6.45, 7) is 3.05. The van der Waals surface area contributed by atoms with Gasteiger partial charge < -0.3 is 9.84 Å². The van der Waals surface area contributed by atoms with E-state index in [0.29, 0.717) is 0 Å². The van der Waals surface area contributed by atoms with Crippen LogP contribution < -0.4 is 4.74 Å². The van der Waals surface area contributed by atoms with Gasteiger partial charge in [0.2, 0.25) is 0 Å². The van der Waals surface area contributed by atoms with Crippen LogP contribution in [0.25, 0.3) is 0 Å². The maximum absolute atomic E-state index is 9.06. The number of aliphatic hydroxyl groups is 1. The number of ether oxygens (including phenoxy) is 1. The maximum atomic E-state index is 9.06. The Balaban J connectivity index is 2.30. The molecule has 1 aromatic rings. The van der Waals surface area contributed by atoms with E-state index in [1.165, 1.54) is 11.1 Å². The molecule has 1 aliphatic heterocycles. The summed E-state index contributed by atoms with van der Waals surface area (Å²) in [5, 5.41) is 9.06. The van der Waals surface area contributed by atoms with Crippen molar-refractivity contribution in [1.82, 2.24) is 0 Å². The van der Waals surface area contributed by atoms with Crippen molar-refractivity contribution < 1.29 is 9.84 Å². The van der Waals surface area contributed by atoms with Crippen molar-refractivity contribution in [3.63, 3.8) is 0 Å². The zero-order valence-corrected chi connectivity index (χ0v) is 10.4. The summed E-state index contributed by atoms with van der Waals surface area (Å²) in [6.07, 6.45) is 1.87. The number of benzene rings is 1. The largest absolute Gasteiger partial charge is 0.493 e. The lowest BCUT2D eigenvalue weighted by Gasteiger charge is -2.12. The quantitative estimate of drug-likeness (QED) is 0.915. The zero-order chi connectivity index (χ0) is 10.8. The third-order valence-corrected chi connectivity index (χ3v) is 3.16. The van der Waals surface area contributed by atoms with E-state index in [1.807, 2.05) is 6.92 Å². The van der Waals surface area contributed by atoms with Gasteiger partial charge in [0.15, 0.2) is 0 Å². The monoisotopic (exact) mass is 270 g/mol. The summed E-state index contributed by atoms with van der Waals surface area (Å²) in [6, 6.07) is 4.21. The number of fused-ring (bicyclic) bond motifs is 1. The van der Waals surface area contributed by atoms with E-state index in [0.717, 1.165) is 29.7 Å². The van der Waals surface area contributed by atoms with Crippen LogP contribution in [-0.4, -0.2) is 18.3 Å². The molecule has 15 heavy (non-hydrogen) atoms. The molecular weight excluding hydrogens is 256 g/mol. The molecule has 0 saturated carbocycles. The second-order valence-corrected chi connectivity index (χ2v) is 5.06. The van der Waals surface area contributed by atoms with E-state index < -0.39 is 0 Å².